The molecule has 1 saturated carbocycles. The third-order valence-corrected chi connectivity index (χ3v) is 3.12. The molecule has 13 heavy (non-hydrogen) atoms. The molecule has 0 N–H and O–H groups in total. The van der Waals surface area contributed by atoms with Gasteiger partial charge in [-0.15, -0.1) is 0 Å². The highest BCUT2D eigenvalue weighted by Gasteiger charge is 2.48. The van der Waals surface area contributed by atoms with Gasteiger partial charge in [-0.2, -0.15) is 0 Å². The number of halogens is 1. The van der Waals surface area contributed by atoms with Crippen molar-refractivity contribution in [2.45, 2.75) is 25.2 Å². The molecule has 1 aliphatic rings. The van der Waals surface area contributed by atoms with Gasteiger partial charge in [0, 0.05) is 16.9 Å². The van der Waals surface area contributed by atoms with Crippen molar-refractivity contribution in [3.63, 3.8) is 0 Å². The number of rotatable bonds is 2. The molecule has 1 fully saturated rings. The van der Waals surface area contributed by atoms with Crippen LogP contribution in [0, 0.1) is 0 Å². The van der Waals surface area contributed by atoms with E-state index < -0.39 is 0 Å². The third kappa shape index (κ3) is 1.41. The number of hydrogen-bond donors (Lipinski definition) is 0. The topological polar surface area (TPSA) is 30.0 Å². The monoisotopic (exact) mass is 239 g/mol. The van der Waals surface area contributed by atoms with E-state index in [4.69, 9.17) is 0 Å². The molecule has 0 saturated heterocycles. The summed E-state index contributed by atoms with van der Waals surface area (Å²) in [6.45, 7) is 1.66. The predicted octanol–water partition coefficient (Wildman–Crippen LogP) is 2.46. The summed E-state index contributed by atoms with van der Waals surface area (Å²) in [6.07, 6.45) is 5.47. The maximum atomic E-state index is 11.4. The van der Waals surface area contributed by atoms with Crippen LogP contribution >= 0.6 is 15.9 Å². The van der Waals surface area contributed by atoms with E-state index in [-0.39, 0.29) is 11.2 Å². The summed E-state index contributed by atoms with van der Waals surface area (Å²) >= 11 is 3.36. The predicted molar refractivity (Wildman–Crippen MR) is 53.5 cm³/mol. The van der Waals surface area contributed by atoms with Crippen LogP contribution in [0.4, 0.5) is 0 Å². The highest BCUT2D eigenvalue weighted by Crippen LogP contribution is 2.48. The van der Waals surface area contributed by atoms with E-state index >= 15 is 0 Å². The Labute approximate surface area is 85.5 Å². The SMILES string of the molecule is CC(=O)C1(c2cncc(Br)c2)CC1. The third-order valence-electron chi connectivity index (χ3n) is 2.68. The summed E-state index contributed by atoms with van der Waals surface area (Å²) < 4.78 is 0.942. The van der Waals surface area contributed by atoms with Gasteiger partial charge in [0.2, 0.25) is 0 Å². The first kappa shape index (κ1) is 8.88. The Morgan fingerprint density at radius 2 is 2.23 bits per heavy atom. The van der Waals surface area contributed by atoms with Crippen molar-refractivity contribution in [3.8, 4) is 0 Å². The summed E-state index contributed by atoms with van der Waals surface area (Å²) in [4.78, 5) is 15.5. The summed E-state index contributed by atoms with van der Waals surface area (Å²) in [7, 11) is 0. The maximum Gasteiger partial charge on any atom is 0.140 e. The summed E-state index contributed by atoms with van der Waals surface area (Å²) in [5.74, 6) is 0.257. The lowest BCUT2D eigenvalue weighted by Gasteiger charge is -2.10. The number of Topliss-reactive ketones (excluding diaryl/α,β-unsaturated/α-hetero) is 1. The van der Waals surface area contributed by atoms with Crippen LogP contribution in [0.3, 0.4) is 0 Å². The first-order chi connectivity index (χ1) is 6.15. The van der Waals surface area contributed by atoms with Crippen LogP contribution in [0.5, 0.6) is 0 Å². The number of aromatic nitrogens is 1. The van der Waals surface area contributed by atoms with Crippen molar-refractivity contribution in [3.05, 3.63) is 28.5 Å². The van der Waals surface area contributed by atoms with Gasteiger partial charge in [-0.05, 0) is 47.3 Å². The highest BCUT2D eigenvalue weighted by atomic mass is 79.9. The fourth-order valence-corrected chi connectivity index (χ4v) is 2.01. The van der Waals surface area contributed by atoms with Crippen molar-refractivity contribution < 1.29 is 4.79 Å². The molecule has 1 aromatic heterocycles. The van der Waals surface area contributed by atoms with Crippen LogP contribution in [-0.4, -0.2) is 10.8 Å². The lowest BCUT2D eigenvalue weighted by atomic mass is 9.94. The molecule has 68 valence electrons. The van der Waals surface area contributed by atoms with E-state index in [1.165, 1.54) is 0 Å². The zero-order valence-corrected chi connectivity index (χ0v) is 8.97. The van der Waals surface area contributed by atoms with Crippen LogP contribution in [0.25, 0.3) is 0 Å². The molecule has 2 nitrogen and oxygen atoms in total. The Morgan fingerprint density at radius 3 is 2.69 bits per heavy atom. The number of pyridine rings is 1. The molecule has 0 aliphatic heterocycles. The van der Waals surface area contributed by atoms with Crippen molar-refractivity contribution in [2.24, 2.45) is 0 Å². The molecule has 0 amide bonds. The average molecular weight is 240 g/mol. The van der Waals surface area contributed by atoms with Crippen LogP contribution in [0.1, 0.15) is 25.3 Å². The minimum atomic E-state index is -0.198. The minimum absolute atomic E-state index is 0.198. The molecule has 0 spiro atoms. The van der Waals surface area contributed by atoms with Crippen LogP contribution in [0.15, 0.2) is 22.9 Å². The number of carbonyl (C=O) groups excluding carboxylic acids is 1. The zero-order valence-electron chi connectivity index (χ0n) is 7.38. The molecule has 1 aliphatic carbocycles. The van der Waals surface area contributed by atoms with E-state index in [0.29, 0.717) is 0 Å². The zero-order chi connectivity index (χ0) is 9.47. The Hall–Kier alpha value is -0.700. The van der Waals surface area contributed by atoms with Crippen molar-refractivity contribution in [2.75, 3.05) is 0 Å². The Kier molecular flexibility index (Phi) is 1.99. The van der Waals surface area contributed by atoms with Gasteiger partial charge >= 0.3 is 0 Å². The molecule has 0 radical (unpaired) electrons. The van der Waals surface area contributed by atoms with Crippen molar-refractivity contribution in [1.82, 2.24) is 4.98 Å². The van der Waals surface area contributed by atoms with Crippen LogP contribution < -0.4 is 0 Å². The van der Waals surface area contributed by atoms with Crippen LogP contribution in [-0.2, 0) is 10.2 Å². The summed E-state index contributed by atoms with van der Waals surface area (Å²) in [5, 5.41) is 0. The molecule has 2 rings (SSSR count). The second-order valence-electron chi connectivity index (χ2n) is 3.53. The summed E-state index contributed by atoms with van der Waals surface area (Å²) in [6, 6.07) is 1.99. The maximum absolute atomic E-state index is 11.4. The van der Waals surface area contributed by atoms with E-state index in [1.807, 2.05) is 6.07 Å². The fourth-order valence-electron chi connectivity index (χ4n) is 1.64. The van der Waals surface area contributed by atoms with Crippen LogP contribution in [0.2, 0.25) is 0 Å². The average Bonchev–Trinajstić information content (AvgIpc) is 2.83. The molecule has 0 atom stereocenters. The van der Waals surface area contributed by atoms with Gasteiger partial charge in [-0.25, -0.2) is 0 Å². The first-order valence-corrected chi connectivity index (χ1v) is 5.06. The molecule has 3 heteroatoms. The van der Waals surface area contributed by atoms with E-state index in [1.54, 1.807) is 19.3 Å². The summed E-state index contributed by atoms with van der Waals surface area (Å²) in [5.41, 5.74) is 0.853. The molecular formula is C10H10BrNO. The van der Waals surface area contributed by atoms with Gasteiger partial charge in [0.25, 0.3) is 0 Å². The quantitative estimate of drug-likeness (QED) is 0.794. The smallest absolute Gasteiger partial charge is 0.140 e. The number of ketones is 1. The lowest BCUT2D eigenvalue weighted by molar-refractivity contribution is -0.119. The normalized spacial score (nSPS) is 18.3. The van der Waals surface area contributed by atoms with E-state index in [0.717, 1.165) is 22.9 Å². The molecule has 0 aromatic carbocycles. The highest BCUT2D eigenvalue weighted by molar-refractivity contribution is 9.10. The van der Waals surface area contributed by atoms with E-state index in [2.05, 4.69) is 20.9 Å². The Balaban J connectivity index is 2.41. The molecule has 1 aromatic rings. The fraction of sp³-hybridized carbons (Fsp3) is 0.400. The largest absolute Gasteiger partial charge is 0.299 e. The van der Waals surface area contributed by atoms with Gasteiger partial charge in [0.05, 0.1) is 5.41 Å². The molecule has 1 heterocycles. The first-order valence-electron chi connectivity index (χ1n) is 4.27. The number of carbonyl (C=O) groups is 1. The number of hydrogen-bond acceptors (Lipinski definition) is 2. The number of nitrogens with zero attached hydrogens (tertiary/aromatic N) is 1. The minimum Gasteiger partial charge on any atom is -0.299 e. The van der Waals surface area contributed by atoms with Gasteiger partial charge in [0.1, 0.15) is 5.78 Å². The Morgan fingerprint density at radius 1 is 1.54 bits per heavy atom. The Bertz CT molecular complexity index is 358. The molecule has 0 unspecified atom stereocenters. The molecule has 0 bridgehead atoms. The van der Waals surface area contributed by atoms with Gasteiger partial charge < -0.3 is 0 Å². The van der Waals surface area contributed by atoms with Crippen molar-refractivity contribution in [1.29, 1.82) is 0 Å². The second kappa shape index (κ2) is 2.91. The van der Waals surface area contributed by atoms with E-state index in [9.17, 15) is 4.79 Å². The lowest BCUT2D eigenvalue weighted by Crippen LogP contribution is -2.16. The van der Waals surface area contributed by atoms with Gasteiger partial charge in [0.15, 0.2) is 0 Å². The second-order valence-corrected chi connectivity index (χ2v) is 4.45. The van der Waals surface area contributed by atoms with Gasteiger partial charge in [-0.1, -0.05) is 0 Å². The van der Waals surface area contributed by atoms with Gasteiger partial charge in [-0.3, -0.25) is 9.78 Å². The molecular weight excluding hydrogens is 230 g/mol. The standard InChI is InChI=1S/C10H10BrNO/c1-7(13)10(2-3-10)8-4-9(11)6-12-5-8/h4-6H,2-3H2,1H3. The van der Waals surface area contributed by atoms with Crippen molar-refractivity contribution >= 4 is 21.7 Å².